The molecule has 2 rings (SSSR count). The van der Waals surface area contributed by atoms with Gasteiger partial charge in [0.2, 0.25) is 11.7 Å². The number of rotatable bonds is 4. The number of pyridine rings is 1. The highest BCUT2D eigenvalue weighted by atomic mass is 16.1. The number of primary amides is 1. The van der Waals surface area contributed by atoms with E-state index in [1.54, 1.807) is 30.6 Å². The number of nitrogens with one attached hydrogen (secondary N) is 2. The molecule has 1 aromatic heterocycles. The minimum absolute atomic E-state index is 0.0653. The first kappa shape index (κ1) is 15.2. The maximum absolute atomic E-state index is 11.7. The van der Waals surface area contributed by atoms with Crippen molar-refractivity contribution in [1.29, 1.82) is 0 Å². The van der Waals surface area contributed by atoms with Crippen LogP contribution in [0.4, 0.5) is 5.69 Å². The van der Waals surface area contributed by atoms with Crippen LogP contribution in [0.15, 0.2) is 56.8 Å². The third kappa shape index (κ3) is 3.27. The summed E-state index contributed by atoms with van der Waals surface area (Å²) in [5.74, 6) is 0.468. The molecule has 0 atom stereocenters. The maximum Gasteiger partial charge on any atom is 0.273 e. The van der Waals surface area contributed by atoms with E-state index in [1.807, 2.05) is 0 Å². The van der Waals surface area contributed by atoms with Crippen molar-refractivity contribution in [2.24, 2.45) is 21.5 Å². The number of amidine groups is 2. The quantitative estimate of drug-likeness (QED) is 0.399. The number of hydrogen-bond donors (Lipinski definition) is 5. The summed E-state index contributed by atoms with van der Waals surface area (Å²) in [6.45, 7) is 0. The van der Waals surface area contributed by atoms with Crippen molar-refractivity contribution in [2.75, 3.05) is 7.05 Å². The summed E-state index contributed by atoms with van der Waals surface area (Å²) in [6.07, 6.45) is 4.22. The molecule has 8 N–H and O–H groups in total. The van der Waals surface area contributed by atoms with Crippen molar-refractivity contribution in [3.8, 4) is 0 Å². The minimum atomic E-state index is -0.702. The predicted octanol–water partition coefficient (Wildman–Crippen LogP) is -2.23. The summed E-state index contributed by atoms with van der Waals surface area (Å²) in [6, 6.07) is 3.21. The standard InChI is InChI=1S/C13H15N7O2/c1-16-9-5-10(18-8-3-2-4-17-13(8)22)20-12(19-9)7(6-14)11(15)21/h2-6H,14H2,1H3,(H2,15,21)(H,17,22)(H2,16,18,19,20)/p+1/b7-6-. The number of amides is 1. The van der Waals surface area contributed by atoms with E-state index in [9.17, 15) is 9.59 Å². The molecule has 0 bridgehead atoms. The molecule has 0 saturated carbocycles. The number of carbonyl (C=O) groups is 1. The van der Waals surface area contributed by atoms with E-state index in [0.29, 0.717) is 5.82 Å². The van der Waals surface area contributed by atoms with Crippen LogP contribution in [0.3, 0.4) is 0 Å². The monoisotopic (exact) mass is 302 g/mol. The van der Waals surface area contributed by atoms with Crippen LogP contribution >= 0.6 is 0 Å². The van der Waals surface area contributed by atoms with E-state index in [2.05, 4.69) is 20.3 Å². The van der Waals surface area contributed by atoms with Gasteiger partial charge in [0.15, 0.2) is 5.84 Å². The first-order chi connectivity index (χ1) is 10.5. The van der Waals surface area contributed by atoms with Crippen LogP contribution in [-0.2, 0) is 4.79 Å². The molecule has 0 unspecified atom stereocenters. The molecule has 1 aromatic rings. The lowest BCUT2D eigenvalue weighted by Gasteiger charge is -2.12. The second-order valence-corrected chi connectivity index (χ2v) is 4.29. The van der Waals surface area contributed by atoms with Gasteiger partial charge in [0.25, 0.3) is 11.5 Å². The first-order valence-corrected chi connectivity index (χ1v) is 6.36. The fraction of sp³-hybridized carbons (Fsp3) is 0.0769. The van der Waals surface area contributed by atoms with Crippen molar-refractivity contribution >= 4 is 23.3 Å². The number of carbonyl (C=O) groups excluding carboxylic acids is 1. The molecule has 9 nitrogen and oxygen atoms in total. The smallest absolute Gasteiger partial charge is 0.273 e. The Balaban J connectivity index is 2.49. The predicted molar refractivity (Wildman–Crippen MR) is 82.1 cm³/mol. The van der Waals surface area contributed by atoms with Gasteiger partial charge in [-0.05, 0) is 12.1 Å². The lowest BCUT2D eigenvalue weighted by molar-refractivity contribution is -0.489. The molecule has 9 heteroatoms. The van der Waals surface area contributed by atoms with E-state index >= 15 is 0 Å². The molecule has 1 amide bonds. The Morgan fingerprint density at radius 3 is 2.91 bits per heavy atom. The summed E-state index contributed by atoms with van der Waals surface area (Å²) in [5, 5.41) is 4.53. The molecule has 2 heterocycles. The van der Waals surface area contributed by atoms with Gasteiger partial charge < -0.3 is 21.8 Å². The zero-order valence-corrected chi connectivity index (χ0v) is 11.8. The van der Waals surface area contributed by atoms with Gasteiger partial charge in [0.05, 0.1) is 6.08 Å². The van der Waals surface area contributed by atoms with E-state index < -0.39 is 5.91 Å². The van der Waals surface area contributed by atoms with Gasteiger partial charge in [-0.25, -0.2) is 10.3 Å². The highest BCUT2D eigenvalue weighted by Crippen LogP contribution is 2.06. The lowest BCUT2D eigenvalue weighted by atomic mass is 10.2. The molecule has 0 saturated heterocycles. The average Bonchev–Trinajstić information content (AvgIpc) is 2.49. The molecule has 22 heavy (non-hydrogen) atoms. The van der Waals surface area contributed by atoms with Gasteiger partial charge in [-0.15, -0.1) is 0 Å². The normalized spacial score (nSPS) is 17.0. The van der Waals surface area contributed by atoms with Crippen LogP contribution in [0.1, 0.15) is 0 Å². The van der Waals surface area contributed by atoms with Gasteiger partial charge in [-0.2, -0.15) is 4.99 Å². The van der Waals surface area contributed by atoms with E-state index in [4.69, 9.17) is 11.5 Å². The van der Waals surface area contributed by atoms with Crippen LogP contribution in [-0.4, -0.2) is 29.6 Å². The highest BCUT2D eigenvalue weighted by Gasteiger charge is 2.23. The summed E-state index contributed by atoms with van der Waals surface area (Å²) < 4.78 is 0. The number of quaternary nitrogens is 1. The summed E-state index contributed by atoms with van der Waals surface area (Å²) >= 11 is 0. The molecule has 0 aliphatic carbocycles. The molecular weight excluding hydrogens is 286 g/mol. The van der Waals surface area contributed by atoms with Crippen LogP contribution < -0.4 is 27.7 Å². The first-order valence-electron chi connectivity index (χ1n) is 6.36. The molecule has 0 fully saturated rings. The van der Waals surface area contributed by atoms with Gasteiger partial charge in [-0.3, -0.25) is 9.59 Å². The number of nitrogens with two attached hydrogens (primary N) is 3. The van der Waals surface area contributed by atoms with Crippen LogP contribution in [0.5, 0.6) is 0 Å². The molecule has 0 spiro atoms. The largest absolute Gasteiger partial charge is 0.404 e. The minimum Gasteiger partial charge on any atom is -0.404 e. The van der Waals surface area contributed by atoms with Crippen molar-refractivity contribution in [3.05, 3.63) is 52.4 Å². The number of aromatic amines is 1. The van der Waals surface area contributed by atoms with Gasteiger partial charge in [0.1, 0.15) is 11.3 Å². The molecule has 1 aliphatic heterocycles. The Morgan fingerprint density at radius 2 is 2.32 bits per heavy atom. The highest BCUT2D eigenvalue weighted by molar-refractivity contribution is 6.20. The zero-order valence-electron chi connectivity index (χ0n) is 11.8. The zero-order chi connectivity index (χ0) is 16.1. The summed E-state index contributed by atoms with van der Waals surface area (Å²) in [4.78, 5) is 33.9. The Kier molecular flexibility index (Phi) is 4.49. The van der Waals surface area contributed by atoms with Crippen LogP contribution in [0, 0.1) is 0 Å². The Bertz CT molecular complexity index is 771. The second kappa shape index (κ2) is 6.50. The topological polar surface area (TPSA) is 155 Å². The molecular formula is C13H16N7O2+. The number of nitrogens with zero attached hydrogens (tertiary/aromatic N) is 2. The number of aromatic nitrogens is 1. The third-order valence-corrected chi connectivity index (χ3v) is 2.84. The van der Waals surface area contributed by atoms with Crippen molar-refractivity contribution in [2.45, 2.75) is 0 Å². The number of aliphatic imine (C=N–C) groups is 2. The van der Waals surface area contributed by atoms with Crippen LogP contribution in [0.25, 0.3) is 0 Å². The van der Waals surface area contributed by atoms with Crippen molar-refractivity contribution < 1.29 is 10.1 Å². The van der Waals surface area contributed by atoms with Crippen molar-refractivity contribution in [1.82, 2.24) is 10.3 Å². The lowest BCUT2D eigenvalue weighted by Crippen LogP contribution is -2.90. The molecule has 114 valence electrons. The SMILES string of the molecule is CNC1=CC(=Nc2ccc[nH]c2=O)N=C(/C(=C\N)C(N)=O)[NH2+]1. The Labute approximate surface area is 125 Å². The Morgan fingerprint density at radius 1 is 1.55 bits per heavy atom. The van der Waals surface area contributed by atoms with Gasteiger partial charge >= 0.3 is 0 Å². The number of H-pyrrole nitrogens is 1. The molecule has 0 aromatic carbocycles. The second-order valence-electron chi connectivity index (χ2n) is 4.29. The maximum atomic E-state index is 11.7. The fourth-order valence-electron chi connectivity index (χ4n) is 1.77. The van der Waals surface area contributed by atoms with E-state index in [-0.39, 0.29) is 28.5 Å². The van der Waals surface area contributed by atoms with Crippen LogP contribution in [0.2, 0.25) is 0 Å². The molecule has 1 aliphatic rings. The fourth-order valence-corrected chi connectivity index (χ4v) is 1.77. The van der Waals surface area contributed by atoms with Crippen molar-refractivity contribution in [3.63, 3.8) is 0 Å². The van der Waals surface area contributed by atoms with E-state index in [0.717, 1.165) is 6.20 Å². The summed E-state index contributed by atoms with van der Waals surface area (Å²) in [7, 11) is 1.70. The van der Waals surface area contributed by atoms with E-state index in [1.165, 1.54) is 6.20 Å². The Hall–Kier alpha value is -3.20. The third-order valence-electron chi connectivity index (χ3n) is 2.84. The van der Waals surface area contributed by atoms with Gasteiger partial charge in [-0.1, -0.05) is 0 Å². The average molecular weight is 302 g/mol. The molecule has 0 radical (unpaired) electrons. The number of hydrogen-bond acceptors (Lipinski definition) is 5. The van der Waals surface area contributed by atoms with Gasteiger partial charge in [0, 0.05) is 19.4 Å². The summed E-state index contributed by atoms with van der Waals surface area (Å²) in [5.41, 5.74) is 10.6.